The lowest BCUT2D eigenvalue weighted by atomic mass is 10.4. The molecule has 1 rings (SSSR count). The van der Waals surface area contributed by atoms with Gasteiger partial charge in [-0.3, -0.25) is 4.99 Å². The Morgan fingerprint density at radius 1 is 1.67 bits per heavy atom. The van der Waals surface area contributed by atoms with E-state index in [1.165, 1.54) is 11.8 Å². The number of hydrogen-bond acceptors (Lipinski definition) is 4. The molecule has 0 radical (unpaired) electrons. The molecule has 0 amide bonds. The highest BCUT2D eigenvalue weighted by molar-refractivity contribution is 7.98. The zero-order valence-electron chi connectivity index (χ0n) is 6.78. The van der Waals surface area contributed by atoms with Gasteiger partial charge in [-0.15, -0.1) is 0 Å². The normalized spacial score (nSPS) is 10.9. The molecule has 0 unspecified atom stereocenters. The standard InChI is InChI=1S/C7H8ClN3S/c1-9-3-5-4-10-7(12-2)11-6(5)8/h3-4H,1-2H3. The van der Waals surface area contributed by atoms with Crippen LogP contribution in [0.3, 0.4) is 0 Å². The molecule has 0 spiro atoms. The number of aliphatic imine (C=N–C) groups is 1. The number of hydrogen-bond donors (Lipinski definition) is 0. The second kappa shape index (κ2) is 4.42. The van der Waals surface area contributed by atoms with Crippen molar-refractivity contribution in [3.8, 4) is 0 Å². The minimum atomic E-state index is 0.444. The first-order chi connectivity index (χ1) is 5.77. The van der Waals surface area contributed by atoms with Gasteiger partial charge in [0.1, 0.15) is 5.15 Å². The molecule has 0 aliphatic carbocycles. The van der Waals surface area contributed by atoms with Crippen LogP contribution in [0.15, 0.2) is 16.3 Å². The van der Waals surface area contributed by atoms with Crippen LogP contribution < -0.4 is 0 Å². The predicted molar refractivity (Wildman–Crippen MR) is 52.3 cm³/mol. The fourth-order valence-corrected chi connectivity index (χ4v) is 1.25. The van der Waals surface area contributed by atoms with E-state index >= 15 is 0 Å². The molecule has 0 N–H and O–H groups in total. The minimum Gasteiger partial charge on any atom is -0.296 e. The van der Waals surface area contributed by atoms with Crippen LogP contribution in [-0.2, 0) is 0 Å². The van der Waals surface area contributed by atoms with E-state index in [1.54, 1.807) is 19.5 Å². The maximum Gasteiger partial charge on any atom is 0.188 e. The van der Waals surface area contributed by atoms with Crippen LogP contribution in [0.25, 0.3) is 0 Å². The van der Waals surface area contributed by atoms with E-state index < -0.39 is 0 Å². The molecule has 1 aromatic rings. The van der Waals surface area contributed by atoms with Crippen molar-refractivity contribution in [3.05, 3.63) is 16.9 Å². The summed E-state index contributed by atoms with van der Waals surface area (Å²) in [7, 11) is 1.68. The van der Waals surface area contributed by atoms with Crippen LogP contribution >= 0.6 is 23.4 Å². The average molecular weight is 202 g/mol. The van der Waals surface area contributed by atoms with E-state index in [1.807, 2.05) is 6.26 Å². The zero-order chi connectivity index (χ0) is 8.97. The summed E-state index contributed by atoms with van der Waals surface area (Å²) < 4.78 is 0. The third-order valence-electron chi connectivity index (χ3n) is 1.20. The molecule has 0 saturated carbocycles. The predicted octanol–water partition coefficient (Wildman–Crippen LogP) is 1.90. The Morgan fingerprint density at radius 2 is 2.42 bits per heavy atom. The van der Waals surface area contributed by atoms with Crippen molar-refractivity contribution >= 4 is 29.6 Å². The SMILES string of the molecule is CN=Cc1cnc(SC)nc1Cl. The summed E-state index contributed by atoms with van der Waals surface area (Å²) in [6.45, 7) is 0. The van der Waals surface area contributed by atoms with Crippen LogP contribution in [0.1, 0.15) is 5.56 Å². The third-order valence-corrected chi connectivity index (χ3v) is 2.06. The molecule has 12 heavy (non-hydrogen) atoms. The van der Waals surface area contributed by atoms with Gasteiger partial charge in [0, 0.05) is 25.0 Å². The van der Waals surface area contributed by atoms with Gasteiger partial charge >= 0.3 is 0 Å². The fourth-order valence-electron chi connectivity index (χ4n) is 0.679. The second-order valence-electron chi connectivity index (χ2n) is 1.99. The van der Waals surface area contributed by atoms with Gasteiger partial charge in [-0.1, -0.05) is 23.4 Å². The fraction of sp³-hybridized carbons (Fsp3) is 0.286. The molecular formula is C7H8ClN3S. The van der Waals surface area contributed by atoms with Crippen molar-refractivity contribution in [1.29, 1.82) is 0 Å². The Hall–Kier alpha value is -0.610. The summed E-state index contributed by atoms with van der Waals surface area (Å²) in [6.07, 6.45) is 5.19. The number of aromatic nitrogens is 2. The van der Waals surface area contributed by atoms with E-state index in [9.17, 15) is 0 Å². The minimum absolute atomic E-state index is 0.444. The van der Waals surface area contributed by atoms with Gasteiger partial charge in [0.15, 0.2) is 5.16 Å². The van der Waals surface area contributed by atoms with Gasteiger partial charge in [0.2, 0.25) is 0 Å². The molecule has 0 saturated heterocycles. The molecule has 0 aliphatic rings. The maximum atomic E-state index is 5.83. The third kappa shape index (κ3) is 2.19. The molecule has 64 valence electrons. The van der Waals surface area contributed by atoms with Crippen molar-refractivity contribution in [1.82, 2.24) is 9.97 Å². The van der Waals surface area contributed by atoms with Crippen LogP contribution in [0.2, 0.25) is 5.15 Å². The van der Waals surface area contributed by atoms with Crippen molar-refractivity contribution in [2.75, 3.05) is 13.3 Å². The highest BCUT2D eigenvalue weighted by Gasteiger charge is 2.00. The van der Waals surface area contributed by atoms with Crippen LogP contribution in [0.5, 0.6) is 0 Å². The summed E-state index contributed by atoms with van der Waals surface area (Å²) in [5, 5.41) is 1.12. The molecule has 1 heterocycles. The van der Waals surface area contributed by atoms with Crippen LogP contribution in [-0.4, -0.2) is 29.5 Å². The topological polar surface area (TPSA) is 38.1 Å². The van der Waals surface area contributed by atoms with Crippen molar-refractivity contribution in [3.63, 3.8) is 0 Å². The molecule has 1 aromatic heterocycles. The van der Waals surface area contributed by atoms with Crippen LogP contribution in [0.4, 0.5) is 0 Å². The molecule has 0 bridgehead atoms. The van der Waals surface area contributed by atoms with E-state index in [0.29, 0.717) is 10.3 Å². The first kappa shape index (κ1) is 9.48. The zero-order valence-corrected chi connectivity index (χ0v) is 8.35. The summed E-state index contributed by atoms with van der Waals surface area (Å²) in [6, 6.07) is 0. The number of rotatable bonds is 2. The lowest BCUT2D eigenvalue weighted by molar-refractivity contribution is 0.967. The van der Waals surface area contributed by atoms with E-state index in [4.69, 9.17) is 11.6 Å². The first-order valence-electron chi connectivity index (χ1n) is 3.26. The molecule has 0 aromatic carbocycles. The van der Waals surface area contributed by atoms with Gasteiger partial charge in [0.25, 0.3) is 0 Å². The summed E-state index contributed by atoms with van der Waals surface area (Å²) in [5.41, 5.74) is 0.747. The summed E-state index contributed by atoms with van der Waals surface area (Å²) in [5.74, 6) is 0. The lowest BCUT2D eigenvalue weighted by Gasteiger charge is -1.97. The molecular weight excluding hydrogens is 194 g/mol. The highest BCUT2D eigenvalue weighted by atomic mass is 35.5. The average Bonchev–Trinajstić information content (AvgIpc) is 2.09. The van der Waals surface area contributed by atoms with Crippen molar-refractivity contribution < 1.29 is 0 Å². The van der Waals surface area contributed by atoms with Crippen molar-refractivity contribution in [2.45, 2.75) is 5.16 Å². The number of thioether (sulfide) groups is 1. The molecule has 5 heteroatoms. The van der Waals surface area contributed by atoms with Crippen molar-refractivity contribution in [2.24, 2.45) is 4.99 Å². The van der Waals surface area contributed by atoms with Gasteiger partial charge in [-0.25, -0.2) is 9.97 Å². The van der Waals surface area contributed by atoms with Crippen LogP contribution in [0, 0.1) is 0 Å². The maximum absolute atomic E-state index is 5.83. The van der Waals surface area contributed by atoms with E-state index in [-0.39, 0.29) is 0 Å². The van der Waals surface area contributed by atoms with Gasteiger partial charge in [-0.05, 0) is 6.26 Å². The molecule has 0 fully saturated rings. The highest BCUT2D eigenvalue weighted by Crippen LogP contribution is 2.14. The Bertz CT molecular complexity index is 301. The Kier molecular flexibility index (Phi) is 3.49. The smallest absolute Gasteiger partial charge is 0.188 e. The van der Waals surface area contributed by atoms with Gasteiger partial charge in [-0.2, -0.15) is 0 Å². The van der Waals surface area contributed by atoms with E-state index in [0.717, 1.165) is 5.56 Å². The van der Waals surface area contributed by atoms with Gasteiger partial charge < -0.3 is 0 Å². The van der Waals surface area contributed by atoms with Gasteiger partial charge in [0.05, 0.1) is 0 Å². The first-order valence-corrected chi connectivity index (χ1v) is 4.87. The molecule has 0 atom stereocenters. The molecule has 3 nitrogen and oxygen atoms in total. The second-order valence-corrected chi connectivity index (χ2v) is 3.12. The quantitative estimate of drug-likeness (QED) is 0.318. The molecule has 0 aliphatic heterocycles. The number of halogens is 1. The Labute approximate surface area is 80.3 Å². The Balaban J connectivity index is 3.03. The monoisotopic (exact) mass is 201 g/mol. The summed E-state index contributed by atoms with van der Waals surface area (Å²) in [4.78, 5) is 11.9. The van der Waals surface area contributed by atoms with E-state index in [2.05, 4.69) is 15.0 Å². The Morgan fingerprint density at radius 3 is 2.92 bits per heavy atom. The number of nitrogens with zero attached hydrogens (tertiary/aromatic N) is 3. The summed E-state index contributed by atoms with van der Waals surface area (Å²) >= 11 is 7.29. The largest absolute Gasteiger partial charge is 0.296 e. The lowest BCUT2D eigenvalue weighted by Crippen LogP contribution is -1.92.